The Kier molecular flexibility index (Phi) is 6.74. The number of hydrogen-bond donors (Lipinski definition) is 0. The van der Waals surface area contributed by atoms with Crippen LogP contribution < -0.4 is 0 Å². The van der Waals surface area contributed by atoms with Gasteiger partial charge in [0, 0.05) is 14.0 Å². The standard InChI is InChI=1S/C13H22O3/c1-11(8-10-16-12(2)14)7-6-9-13(3,4)15-5/h6,8-9H,7,10H2,1-5H3/b9-6+,11-8+. The molecule has 92 valence electrons. The Morgan fingerprint density at radius 2 is 1.94 bits per heavy atom. The second-order valence-electron chi connectivity index (χ2n) is 4.27. The fourth-order valence-corrected chi connectivity index (χ4v) is 0.981. The summed E-state index contributed by atoms with van der Waals surface area (Å²) in [6, 6.07) is 0. The van der Waals surface area contributed by atoms with Crippen molar-refractivity contribution in [2.45, 2.75) is 39.7 Å². The van der Waals surface area contributed by atoms with E-state index in [-0.39, 0.29) is 11.6 Å². The van der Waals surface area contributed by atoms with Crippen LogP contribution in [-0.4, -0.2) is 25.3 Å². The maximum Gasteiger partial charge on any atom is 0.302 e. The molecule has 0 bridgehead atoms. The van der Waals surface area contributed by atoms with Crippen molar-refractivity contribution in [3.05, 3.63) is 23.8 Å². The fourth-order valence-electron chi connectivity index (χ4n) is 0.981. The van der Waals surface area contributed by atoms with Gasteiger partial charge in [0.1, 0.15) is 6.61 Å². The highest BCUT2D eigenvalue weighted by atomic mass is 16.5. The highest BCUT2D eigenvalue weighted by Crippen LogP contribution is 2.11. The molecule has 0 aromatic carbocycles. The first-order valence-corrected chi connectivity index (χ1v) is 5.39. The van der Waals surface area contributed by atoms with Crippen LogP contribution in [-0.2, 0) is 14.3 Å². The summed E-state index contributed by atoms with van der Waals surface area (Å²) < 4.78 is 10.1. The lowest BCUT2D eigenvalue weighted by Gasteiger charge is -2.17. The van der Waals surface area contributed by atoms with Gasteiger partial charge in [0.2, 0.25) is 0 Å². The van der Waals surface area contributed by atoms with Crippen molar-refractivity contribution in [2.24, 2.45) is 0 Å². The van der Waals surface area contributed by atoms with Crippen LogP contribution in [0.1, 0.15) is 34.1 Å². The Labute approximate surface area is 98.1 Å². The van der Waals surface area contributed by atoms with Gasteiger partial charge in [-0.2, -0.15) is 0 Å². The van der Waals surface area contributed by atoms with Crippen molar-refractivity contribution in [1.82, 2.24) is 0 Å². The second-order valence-corrected chi connectivity index (χ2v) is 4.27. The average Bonchev–Trinajstić information content (AvgIpc) is 2.17. The Morgan fingerprint density at radius 3 is 2.44 bits per heavy atom. The van der Waals surface area contributed by atoms with Crippen LogP contribution in [0.3, 0.4) is 0 Å². The van der Waals surface area contributed by atoms with E-state index in [0.29, 0.717) is 6.61 Å². The molecule has 0 atom stereocenters. The van der Waals surface area contributed by atoms with Crippen LogP contribution >= 0.6 is 0 Å². The number of hydrogen-bond acceptors (Lipinski definition) is 3. The number of allylic oxidation sites excluding steroid dienone is 2. The Morgan fingerprint density at radius 1 is 1.31 bits per heavy atom. The van der Waals surface area contributed by atoms with E-state index in [1.165, 1.54) is 12.5 Å². The van der Waals surface area contributed by atoms with Crippen LogP contribution in [0.4, 0.5) is 0 Å². The van der Waals surface area contributed by atoms with E-state index in [9.17, 15) is 4.79 Å². The van der Waals surface area contributed by atoms with Gasteiger partial charge in [-0.25, -0.2) is 0 Å². The Hall–Kier alpha value is -1.09. The van der Waals surface area contributed by atoms with Gasteiger partial charge in [-0.05, 0) is 33.3 Å². The van der Waals surface area contributed by atoms with Crippen LogP contribution in [0.15, 0.2) is 23.8 Å². The smallest absolute Gasteiger partial charge is 0.302 e. The molecule has 3 nitrogen and oxygen atoms in total. The van der Waals surface area contributed by atoms with Crippen LogP contribution in [0, 0.1) is 0 Å². The van der Waals surface area contributed by atoms with E-state index in [0.717, 1.165) is 6.42 Å². The first kappa shape index (κ1) is 14.9. The van der Waals surface area contributed by atoms with Gasteiger partial charge < -0.3 is 9.47 Å². The summed E-state index contributed by atoms with van der Waals surface area (Å²) in [5, 5.41) is 0. The predicted molar refractivity (Wildman–Crippen MR) is 65.2 cm³/mol. The van der Waals surface area contributed by atoms with Gasteiger partial charge in [0.15, 0.2) is 0 Å². The molecule has 3 heteroatoms. The maximum absolute atomic E-state index is 10.5. The zero-order valence-electron chi connectivity index (χ0n) is 10.9. The van der Waals surface area contributed by atoms with Gasteiger partial charge in [-0.1, -0.05) is 17.7 Å². The molecular formula is C13H22O3. The first-order valence-electron chi connectivity index (χ1n) is 5.39. The number of carbonyl (C=O) groups excluding carboxylic acids is 1. The maximum atomic E-state index is 10.5. The largest absolute Gasteiger partial charge is 0.462 e. The van der Waals surface area contributed by atoms with E-state index < -0.39 is 0 Å². The molecule has 0 unspecified atom stereocenters. The number of rotatable bonds is 6. The highest BCUT2D eigenvalue weighted by Gasteiger charge is 2.09. The molecular weight excluding hydrogens is 204 g/mol. The molecule has 0 spiro atoms. The van der Waals surface area contributed by atoms with Crippen molar-refractivity contribution in [2.75, 3.05) is 13.7 Å². The molecule has 16 heavy (non-hydrogen) atoms. The van der Waals surface area contributed by atoms with Crippen molar-refractivity contribution in [3.63, 3.8) is 0 Å². The highest BCUT2D eigenvalue weighted by molar-refractivity contribution is 5.66. The molecule has 0 aliphatic carbocycles. The third-order valence-electron chi connectivity index (χ3n) is 2.20. The second kappa shape index (κ2) is 7.23. The molecule has 0 aromatic heterocycles. The van der Waals surface area contributed by atoms with E-state index in [2.05, 4.69) is 6.08 Å². The Balaban J connectivity index is 3.97. The average molecular weight is 226 g/mol. The molecule has 0 saturated carbocycles. The SMILES string of the molecule is COC(C)(C)/C=C/C/C(C)=C/COC(C)=O. The third-order valence-corrected chi connectivity index (χ3v) is 2.20. The molecule has 0 fully saturated rings. The zero-order valence-corrected chi connectivity index (χ0v) is 10.9. The van der Waals surface area contributed by atoms with Crippen molar-refractivity contribution < 1.29 is 14.3 Å². The minimum absolute atomic E-state index is 0.226. The number of methoxy groups -OCH3 is 1. The molecule has 0 saturated heterocycles. The van der Waals surface area contributed by atoms with Gasteiger partial charge in [-0.15, -0.1) is 0 Å². The topological polar surface area (TPSA) is 35.5 Å². The summed E-state index contributed by atoms with van der Waals surface area (Å²) in [5.41, 5.74) is 0.945. The molecule has 0 heterocycles. The summed E-state index contributed by atoms with van der Waals surface area (Å²) in [7, 11) is 1.69. The molecule has 0 aliphatic heterocycles. The zero-order chi connectivity index (χ0) is 12.6. The molecule has 0 aromatic rings. The molecule has 0 N–H and O–H groups in total. The fraction of sp³-hybridized carbons (Fsp3) is 0.615. The van der Waals surface area contributed by atoms with Crippen molar-refractivity contribution >= 4 is 5.97 Å². The Bertz CT molecular complexity index is 275. The number of esters is 1. The van der Waals surface area contributed by atoms with Crippen LogP contribution in [0.5, 0.6) is 0 Å². The van der Waals surface area contributed by atoms with Gasteiger partial charge in [0.05, 0.1) is 5.60 Å². The van der Waals surface area contributed by atoms with Crippen molar-refractivity contribution in [3.8, 4) is 0 Å². The summed E-state index contributed by atoms with van der Waals surface area (Å²) in [4.78, 5) is 10.5. The minimum Gasteiger partial charge on any atom is -0.462 e. The van der Waals surface area contributed by atoms with Gasteiger partial charge in [-0.3, -0.25) is 4.79 Å². The lowest BCUT2D eigenvalue weighted by Crippen LogP contribution is -2.18. The summed E-state index contributed by atoms with van der Waals surface area (Å²) >= 11 is 0. The van der Waals surface area contributed by atoms with E-state index in [4.69, 9.17) is 9.47 Å². The molecule has 0 rings (SSSR count). The summed E-state index contributed by atoms with van der Waals surface area (Å²) in [5.74, 6) is -0.250. The van der Waals surface area contributed by atoms with Crippen LogP contribution in [0.25, 0.3) is 0 Å². The molecule has 0 aliphatic rings. The third kappa shape index (κ3) is 8.24. The monoisotopic (exact) mass is 226 g/mol. The minimum atomic E-state index is -0.250. The summed E-state index contributed by atoms with van der Waals surface area (Å²) in [6.07, 6.45) is 6.83. The van der Waals surface area contributed by atoms with Crippen LogP contribution in [0.2, 0.25) is 0 Å². The quantitative estimate of drug-likeness (QED) is 0.516. The molecule has 0 amide bonds. The number of ether oxygens (including phenoxy) is 2. The number of carbonyl (C=O) groups is 1. The van der Waals surface area contributed by atoms with Gasteiger partial charge in [0.25, 0.3) is 0 Å². The lowest BCUT2D eigenvalue weighted by molar-refractivity contribution is -0.139. The van der Waals surface area contributed by atoms with E-state index >= 15 is 0 Å². The van der Waals surface area contributed by atoms with E-state index in [1.807, 2.05) is 32.9 Å². The first-order chi connectivity index (χ1) is 7.37. The van der Waals surface area contributed by atoms with E-state index in [1.54, 1.807) is 7.11 Å². The summed E-state index contributed by atoms with van der Waals surface area (Å²) in [6.45, 7) is 7.77. The normalized spacial score (nSPS) is 13.2. The van der Waals surface area contributed by atoms with Crippen molar-refractivity contribution in [1.29, 1.82) is 0 Å². The van der Waals surface area contributed by atoms with Gasteiger partial charge >= 0.3 is 5.97 Å². The lowest BCUT2D eigenvalue weighted by atomic mass is 10.1. The molecule has 0 radical (unpaired) electrons. The predicted octanol–water partition coefficient (Wildman–Crippen LogP) is 2.87.